The molecule has 0 unspecified atom stereocenters. The van der Waals surface area contributed by atoms with Crippen LogP contribution in [0.15, 0.2) is 96.0 Å². The lowest BCUT2D eigenvalue weighted by Gasteiger charge is -2.14. The molecule has 2 aromatic carbocycles. The van der Waals surface area contributed by atoms with Crippen molar-refractivity contribution in [1.82, 2.24) is 19.9 Å². The number of hydrogen-bond acceptors (Lipinski definition) is 9. The van der Waals surface area contributed by atoms with Gasteiger partial charge in [-0.1, -0.05) is 30.3 Å². The molecule has 5 rings (SSSR count). The van der Waals surface area contributed by atoms with E-state index in [0.717, 1.165) is 32.4 Å². The highest BCUT2D eigenvalue weighted by Crippen LogP contribution is 2.37. The van der Waals surface area contributed by atoms with Gasteiger partial charge < -0.3 is 9.46 Å². The van der Waals surface area contributed by atoms with E-state index < -0.39 is 0 Å². The van der Waals surface area contributed by atoms with E-state index in [4.69, 9.17) is 4.74 Å². The minimum atomic E-state index is 0.410. The molecule has 9 heteroatoms. The van der Waals surface area contributed by atoms with Crippen molar-refractivity contribution in [3.8, 4) is 40.0 Å². The van der Waals surface area contributed by atoms with Crippen molar-refractivity contribution in [2.45, 2.75) is 4.90 Å². The summed E-state index contributed by atoms with van der Waals surface area (Å²) < 4.78 is 9.37. The summed E-state index contributed by atoms with van der Waals surface area (Å²) in [7, 11) is 0. The zero-order chi connectivity index (χ0) is 23.2. The minimum Gasteiger partial charge on any atom is -0.454 e. The summed E-state index contributed by atoms with van der Waals surface area (Å²) in [6.07, 6.45) is 8.32. The van der Waals surface area contributed by atoms with Gasteiger partial charge in [-0.15, -0.1) is 11.3 Å². The highest BCUT2D eigenvalue weighted by Gasteiger charge is 2.14. The van der Waals surface area contributed by atoms with Gasteiger partial charge in [-0.2, -0.15) is 5.26 Å². The number of nitriles is 1. The number of nitrogens with one attached hydrogen (secondary N) is 1. The summed E-state index contributed by atoms with van der Waals surface area (Å²) in [5, 5.41) is 12.4. The Kier molecular flexibility index (Phi) is 6.42. The van der Waals surface area contributed by atoms with Crippen LogP contribution in [-0.2, 0) is 0 Å². The van der Waals surface area contributed by atoms with E-state index in [2.05, 4.69) is 30.7 Å². The van der Waals surface area contributed by atoms with Crippen LogP contribution in [0.2, 0.25) is 0 Å². The standard InChI is InChI=1S/C25H16N6OS2/c26-12-18-10-20(34-31-25-29-8-9-33-25)6-7-23(18)32-24-15-30-22(17-4-2-1-3-5-17)11-21(24)19-13-27-16-28-14-19/h1-11,13-16H,(H,29,31). The smallest absolute Gasteiger partial charge is 0.192 e. The SMILES string of the molecule is N#Cc1cc(SNc2nccs2)ccc1Oc1cnc(-c2ccccc2)cc1-c1cncnc1. The predicted octanol–water partition coefficient (Wildman–Crippen LogP) is 6.45. The van der Waals surface area contributed by atoms with E-state index in [9.17, 15) is 5.26 Å². The molecular formula is C25H16N6OS2. The van der Waals surface area contributed by atoms with E-state index in [-0.39, 0.29) is 0 Å². The third-order valence-electron chi connectivity index (χ3n) is 4.79. The highest BCUT2D eigenvalue weighted by atomic mass is 32.2. The van der Waals surface area contributed by atoms with E-state index >= 15 is 0 Å². The lowest BCUT2D eigenvalue weighted by Crippen LogP contribution is -1.95. The van der Waals surface area contributed by atoms with Crippen molar-refractivity contribution < 1.29 is 4.74 Å². The van der Waals surface area contributed by atoms with Gasteiger partial charge in [-0.05, 0) is 36.2 Å². The monoisotopic (exact) mass is 480 g/mol. The zero-order valence-corrected chi connectivity index (χ0v) is 19.3. The first-order chi connectivity index (χ1) is 16.8. The molecule has 1 N–H and O–H groups in total. The normalized spacial score (nSPS) is 10.4. The molecular weight excluding hydrogens is 464 g/mol. The molecule has 0 spiro atoms. The number of anilines is 1. The Bertz CT molecular complexity index is 1440. The van der Waals surface area contributed by atoms with Crippen LogP contribution in [0.3, 0.4) is 0 Å². The van der Waals surface area contributed by atoms with Crippen molar-refractivity contribution in [3.05, 3.63) is 96.7 Å². The van der Waals surface area contributed by atoms with Crippen LogP contribution in [0.4, 0.5) is 5.13 Å². The van der Waals surface area contributed by atoms with Gasteiger partial charge in [0.05, 0.1) is 17.5 Å². The van der Waals surface area contributed by atoms with Gasteiger partial charge in [0.2, 0.25) is 0 Å². The number of hydrogen-bond donors (Lipinski definition) is 1. The largest absolute Gasteiger partial charge is 0.454 e. The number of rotatable bonds is 7. The Hall–Kier alpha value is -4.26. The highest BCUT2D eigenvalue weighted by molar-refractivity contribution is 8.00. The molecule has 0 bridgehead atoms. The number of benzene rings is 2. The van der Waals surface area contributed by atoms with Gasteiger partial charge in [0.25, 0.3) is 0 Å². The summed E-state index contributed by atoms with van der Waals surface area (Å²) in [4.78, 5) is 17.9. The molecule has 3 aromatic heterocycles. The summed E-state index contributed by atoms with van der Waals surface area (Å²) in [6.45, 7) is 0. The summed E-state index contributed by atoms with van der Waals surface area (Å²) in [5.74, 6) is 0.945. The molecule has 0 amide bonds. The van der Waals surface area contributed by atoms with Crippen LogP contribution in [0.25, 0.3) is 22.4 Å². The summed E-state index contributed by atoms with van der Waals surface area (Å²) >= 11 is 2.89. The third-order valence-corrected chi connectivity index (χ3v) is 6.39. The van der Waals surface area contributed by atoms with Gasteiger partial charge in [0, 0.05) is 45.6 Å². The van der Waals surface area contributed by atoms with Gasteiger partial charge in [-0.3, -0.25) is 4.98 Å². The first kappa shape index (κ1) is 21.6. The van der Waals surface area contributed by atoms with Crippen LogP contribution in [0, 0.1) is 11.3 Å². The molecule has 0 aliphatic heterocycles. The summed E-state index contributed by atoms with van der Waals surface area (Å²) in [6, 6.07) is 19.5. The molecule has 0 aliphatic carbocycles. The number of thiazole rings is 1. The number of ether oxygens (including phenoxy) is 1. The summed E-state index contributed by atoms with van der Waals surface area (Å²) in [5.41, 5.74) is 3.76. The van der Waals surface area contributed by atoms with Crippen molar-refractivity contribution in [2.75, 3.05) is 4.72 Å². The molecule has 3 heterocycles. The maximum atomic E-state index is 9.75. The van der Waals surface area contributed by atoms with Crippen LogP contribution in [0.1, 0.15) is 5.56 Å². The molecule has 0 fully saturated rings. The second-order valence-corrected chi connectivity index (χ2v) is 8.75. The van der Waals surface area contributed by atoms with E-state index in [1.54, 1.807) is 36.9 Å². The average Bonchev–Trinajstić information content (AvgIpc) is 3.43. The Balaban J connectivity index is 1.47. The van der Waals surface area contributed by atoms with E-state index in [1.165, 1.54) is 29.6 Å². The molecule has 0 saturated carbocycles. The second kappa shape index (κ2) is 10.1. The van der Waals surface area contributed by atoms with E-state index in [1.807, 2.05) is 47.8 Å². The number of aromatic nitrogens is 4. The average molecular weight is 481 g/mol. The fourth-order valence-electron chi connectivity index (χ4n) is 3.20. The zero-order valence-electron chi connectivity index (χ0n) is 17.6. The first-order valence-corrected chi connectivity index (χ1v) is 11.8. The van der Waals surface area contributed by atoms with Crippen molar-refractivity contribution in [3.63, 3.8) is 0 Å². The lowest BCUT2D eigenvalue weighted by atomic mass is 10.0. The predicted molar refractivity (Wildman–Crippen MR) is 134 cm³/mol. The maximum absolute atomic E-state index is 9.75. The lowest BCUT2D eigenvalue weighted by molar-refractivity contribution is 0.480. The van der Waals surface area contributed by atoms with Crippen LogP contribution in [-0.4, -0.2) is 19.9 Å². The van der Waals surface area contributed by atoms with Gasteiger partial charge in [-0.25, -0.2) is 15.0 Å². The van der Waals surface area contributed by atoms with Crippen molar-refractivity contribution in [2.24, 2.45) is 0 Å². The third kappa shape index (κ3) is 4.88. The van der Waals surface area contributed by atoms with Crippen LogP contribution in [0.5, 0.6) is 11.5 Å². The molecule has 0 saturated heterocycles. The molecule has 7 nitrogen and oxygen atoms in total. The van der Waals surface area contributed by atoms with Crippen LogP contribution >= 0.6 is 23.3 Å². The van der Waals surface area contributed by atoms with Gasteiger partial charge in [0.1, 0.15) is 18.1 Å². The van der Waals surface area contributed by atoms with Crippen LogP contribution < -0.4 is 9.46 Å². The molecule has 0 aliphatic rings. The maximum Gasteiger partial charge on any atom is 0.192 e. The van der Waals surface area contributed by atoms with Crippen molar-refractivity contribution >= 4 is 28.4 Å². The Labute approximate surface area is 204 Å². The van der Waals surface area contributed by atoms with Crippen molar-refractivity contribution in [1.29, 1.82) is 5.26 Å². The second-order valence-electron chi connectivity index (χ2n) is 6.97. The molecule has 164 valence electrons. The molecule has 34 heavy (non-hydrogen) atoms. The Morgan fingerprint density at radius 3 is 2.53 bits per heavy atom. The number of pyridine rings is 1. The molecule has 5 aromatic rings. The van der Waals surface area contributed by atoms with E-state index in [0.29, 0.717) is 17.1 Å². The quantitative estimate of drug-likeness (QED) is 0.266. The topological polar surface area (TPSA) is 96.6 Å². The number of nitrogens with zero attached hydrogens (tertiary/aromatic N) is 5. The first-order valence-electron chi connectivity index (χ1n) is 10.2. The fraction of sp³-hybridized carbons (Fsp3) is 0. The van der Waals surface area contributed by atoms with Gasteiger partial charge >= 0.3 is 0 Å². The molecule has 0 atom stereocenters. The van der Waals surface area contributed by atoms with Gasteiger partial charge in [0.15, 0.2) is 10.9 Å². The molecule has 0 radical (unpaired) electrons. The Morgan fingerprint density at radius 1 is 0.912 bits per heavy atom. The Morgan fingerprint density at radius 2 is 1.76 bits per heavy atom. The minimum absolute atomic E-state index is 0.410. The fourth-order valence-corrected chi connectivity index (χ4v) is 4.46.